The highest BCUT2D eigenvalue weighted by Gasteiger charge is 2.40. The zero-order valence-electron chi connectivity index (χ0n) is 15.1. The highest BCUT2D eigenvalue weighted by Crippen LogP contribution is 2.48. The van der Waals surface area contributed by atoms with Crippen molar-refractivity contribution in [1.29, 1.82) is 0 Å². The van der Waals surface area contributed by atoms with E-state index in [0.29, 0.717) is 0 Å². The first-order valence-electron chi connectivity index (χ1n) is 9.40. The topological polar surface area (TPSA) is 16.1 Å². The molecule has 0 N–H and O–H groups in total. The first kappa shape index (κ1) is 15.8. The largest absolute Gasteiger partial charge is 0.300 e. The molecule has 1 aliphatic heterocycles. The van der Waals surface area contributed by atoms with Crippen molar-refractivity contribution in [3.8, 4) is 11.1 Å². The number of aryl methyl sites for hydroxylation is 2. The summed E-state index contributed by atoms with van der Waals surface area (Å²) >= 11 is 0. The summed E-state index contributed by atoms with van der Waals surface area (Å²) in [7, 11) is 0. The molecule has 1 saturated heterocycles. The molecule has 3 atom stereocenters. The summed E-state index contributed by atoms with van der Waals surface area (Å²) in [6.07, 6.45) is 4.14. The minimum atomic E-state index is 0.782. The smallest absolute Gasteiger partial charge is 0.0454 e. The van der Waals surface area contributed by atoms with Crippen LogP contribution in [-0.2, 0) is 0 Å². The second-order valence-corrected chi connectivity index (χ2v) is 7.80. The molecule has 24 heavy (non-hydrogen) atoms. The lowest BCUT2D eigenvalue weighted by molar-refractivity contribution is 0.256. The molecule has 2 heterocycles. The number of likely N-dealkylation sites (tertiary alicyclic amines) is 1. The number of benzene rings is 1. The van der Waals surface area contributed by atoms with Crippen LogP contribution < -0.4 is 0 Å². The Balaban J connectivity index is 1.43. The number of rotatable bonds is 4. The molecule has 2 heteroatoms. The van der Waals surface area contributed by atoms with Gasteiger partial charge in [-0.25, -0.2) is 0 Å². The van der Waals surface area contributed by atoms with E-state index in [1.807, 2.05) is 6.92 Å². The van der Waals surface area contributed by atoms with Crippen LogP contribution in [0.1, 0.15) is 49.1 Å². The van der Waals surface area contributed by atoms with E-state index in [1.165, 1.54) is 49.0 Å². The van der Waals surface area contributed by atoms with Crippen LogP contribution in [0.3, 0.4) is 0 Å². The third-order valence-corrected chi connectivity index (χ3v) is 5.96. The molecule has 1 saturated carbocycles. The first-order valence-corrected chi connectivity index (χ1v) is 9.40. The molecule has 1 unspecified atom stereocenters. The van der Waals surface area contributed by atoms with Gasteiger partial charge in [0.05, 0.1) is 0 Å². The van der Waals surface area contributed by atoms with E-state index in [1.54, 1.807) is 0 Å². The van der Waals surface area contributed by atoms with Crippen LogP contribution in [0.4, 0.5) is 0 Å². The molecule has 2 aliphatic rings. The average Bonchev–Trinajstić information content (AvgIpc) is 3.22. The average molecular weight is 320 g/mol. The van der Waals surface area contributed by atoms with Crippen molar-refractivity contribution in [2.75, 3.05) is 13.1 Å². The van der Waals surface area contributed by atoms with Crippen molar-refractivity contribution >= 4 is 0 Å². The third-order valence-electron chi connectivity index (χ3n) is 5.96. The molecule has 0 bridgehead atoms. The summed E-state index contributed by atoms with van der Waals surface area (Å²) < 4.78 is 0. The van der Waals surface area contributed by atoms with Gasteiger partial charge in [-0.05, 0) is 75.6 Å². The number of pyridine rings is 1. The summed E-state index contributed by atoms with van der Waals surface area (Å²) in [4.78, 5) is 7.29. The molecule has 4 rings (SSSR count). The van der Waals surface area contributed by atoms with Gasteiger partial charge in [0, 0.05) is 29.5 Å². The Hall–Kier alpha value is -1.67. The second-order valence-electron chi connectivity index (χ2n) is 7.80. The van der Waals surface area contributed by atoms with Gasteiger partial charge in [0.25, 0.3) is 0 Å². The van der Waals surface area contributed by atoms with Crippen molar-refractivity contribution in [3.63, 3.8) is 0 Å². The maximum Gasteiger partial charge on any atom is 0.0454 e. The number of hydrogen-bond donors (Lipinski definition) is 0. The van der Waals surface area contributed by atoms with Crippen LogP contribution in [0.2, 0.25) is 0 Å². The van der Waals surface area contributed by atoms with Gasteiger partial charge in [0.1, 0.15) is 0 Å². The van der Waals surface area contributed by atoms with Gasteiger partial charge in [-0.1, -0.05) is 30.3 Å². The number of nitrogens with zero attached hydrogens (tertiary/aromatic N) is 2. The van der Waals surface area contributed by atoms with E-state index < -0.39 is 0 Å². The molecule has 1 aromatic carbocycles. The van der Waals surface area contributed by atoms with Crippen LogP contribution in [-0.4, -0.2) is 29.0 Å². The molecule has 0 spiro atoms. The summed E-state index contributed by atoms with van der Waals surface area (Å²) in [5, 5.41) is 0. The highest BCUT2D eigenvalue weighted by molar-refractivity contribution is 5.66. The maximum absolute atomic E-state index is 4.59. The molecule has 1 aliphatic carbocycles. The standard InChI is InChI=1S/C22H28N2/c1-15-6-11-21(17(3)23-15)18-7-9-19(10-8-18)22-13-20(22)14-24-12-4-5-16(24)2/h6-11,16,20,22H,4-5,12-14H2,1-3H3/t16-,20?,22+/m0/s1. The summed E-state index contributed by atoms with van der Waals surface area (Å²) in [5.41, 5.74) is 6.27. The maximum atomic E-state index is 4.59. The Morgan fingerprint density at radius 3 is 2.54 bits per heavy atom. The lowest BCUT2D eigenvalue weighted by Gasteiger charge is -2.20. The second kappa shape index (κ2) is 6.33. The Labute approximate surface area is 145 Å². The van der Waals surface area contributed by atoms with Gasteiger partial charge < -0.3 is 4.90 Å². The molecule has 2 fully saturated rings. The monoisotopic (exact) mass is 320 g/mol. The fourth-order valence-electron chi connectivity index (χ4n) is 4.32. The predicted molar refractivity (Wildman–Crippen MR) is 100 cm³/mol. The van der Waals surface area contributed by atoms with E-state index in [4.69, 9.17) is 0 Å². The van der Waals surface area contributed by atoms with Gasteiger partial charge in [-0.3, -0.25) is 4.98 Å². The van der Waals surface area contributed by atoms with Crippen molar-refractivity contribution in [2.45, 2.75) is 52.0 Å². The molecule has 2 nitrogen and oxygen atoms in total. The Kier molecular flexibility index (Phi) is 4.17. The van der Waals surface area contributed by atoms with E-state index in [-0.39, 0.29) is 0 Å². The molecular weight excluding hydrogens is 292 g/mol. The first-order chi connectivity index (χ1) is 11.6. The summed E-state index contributed by atoms with van der Waals surface area (Å²) in [5.74, 6) is 1.66. The van der Waals surface area contributed by atoms with Crippen LogP contribution in [0.5, 0.6) is 0 Å². The minimum absolute atomic E-state index is 0.782. The Morgan fingerprint density at radius 1 is 1.08 bits per heavy atom. The molecule has 2 aromatic rings. The zero-order chi connectivity index (χ0) is 16.7. The number of hydrogen-bond acceptors (Lipinski definition) is 2. The van der Waals surface area contributed by atoms with Gasteiger partial charge in [0.2, 0.25) is 0 Å². The number of aromatic nitrogens is 1. The normalized spacial score (nSPS) is 26.7. The molecule has 0 amide bonds. The van der Waals surface area contributed by atoms with Crippen LogP contribution >= 0.6 is 0 Å². The Morgan fingerprint density at radius 2 is 1.88 bits per heavy atom. The van der Waals surface area contributed by atoms with Crippen LogP contribution in [0, 0.1) is 19.8 Å². The van der Waals surface area contributed by atoms with E-state index in [2.05, 4.69) is 60.1 Å². The summed E-state index contributed by atoms with van der Waals surface area (Å²) in [6.45, 7) is 9.15. The lowest BCUT2D eigenvalue weighted by Crippen LogP contribution is -2.29. The van der Waals surface area contributed by atoms with Crippen LogP contribution in [0.25, 0.3) is 11.1 Å². The SMILES string of the molecule is Cc1ccc(-c2ccc([C@H]3CC3CN3CCC[C@@H]3C)cc2)c(C)n1. The van der Waals surface area contributed by atoms with Crippen molar-refractivity contribution in [3.05, 3.63) is 53.3 Å². The predicted octanol–water partition coefficient (Wildman–Crippen LogP) is 4.95. The molecule has 0 radical (unpaired) electrons. The minimum Gasteiger partial charge on any atom is -0.300 e. The van der Waals surface area contributed by atoms with Crippen molar-refractivity contribution < 1.29 is 0 Å². The van der Waals surface area contributed by atoms with E-state index in [9.17, 15) is 0 Å². The fourth-order valence-corrected chi connectivity index (χ4v) is 4.32. The quantitative estimate of drug-likeness (QED) is 0.792. The third kappa shape index (κ3) is 3.12. The van der Waals surface area contributed by atoms with Gasteiger partial charge in [-0.2, -0.15) is 0 Å². The van der Waals surface area contributed by atoms with Crippen molar-refractivity contribution in [1.82, 2.24) is 9.88 Å². The highest BCUT2D eigenvalue weighted by atomic mass is 15.2. The lowest BCUT2D eigenvalue weighted by atomic mass is 10.0. The van der Waals surface area contributed by atoms with Gasteiger partial charge in [0.15, 0.2) is 0 Å². The molecular formula is C22H28N2. The van der Waals surface area contributed by atoms with Crippen LogP contribution in [0.15, 0.2) is 36.4 Å². The fraction of sp³-hybridized carbons (Fsp3) is 0.500. The van der Waals surface area contributed by atoms with Gasteiger partial charge in [-0.15, -0.1) is 0 Å². The van der Waals surface area contributed by atoms with E-state index >= 15 is 0 Å². The Bertz CT molecular complexity index is 719. The molecule has 1 aromatic heterocycles. The van der Waals surface area contributed by atoms with Gasteiger partial charge >= 0.3 is 0 Å². The summed E-state index contributed by atoms with van der Waals surface area (Å²) in [6, 6.07) is 14.3. The zero-order valence-corrected chi connectivity index (χ0v) is 15.1. The van der Waals surface area contributed by atoms with Crippen molar-refractivity contribution in [2.24, 2.45) is 5.92 Å². The van der Waals surface area contributed by atoms with E-state index in [0.717, 1.165) is 29.3 Å². The molecule has 126 valence electrons.